The molecule has 0 atom stereocenters. The lowest BCUT2D eigenvalue weighted by atomic mass is 9.86. The lowest BCUT2D eigenvalue weighted by Crippen LogP contribution is -2.60. The van der Waals surface area contributed by atoms with Crippen LogP contribution in [0, 0.1) is 0 Å². The average Bonchev–Trinajstić information content (AvgIpc) is 2.69. The number of rotatable bonds is 3. The fraction of sp³-hybridized carbons (Fsp3) is 0.923. The molecule has 2 saturated heterocycles. The molecular formula is C13H25N3O2. The van der Waals surface area contributed by atoms with Crippen LogP contribution in [0.2, 0.25) is 0 Å². The predicted octanol–water partition coefficient (Wildman–Crippen LogP) is -0.0330. The molecule has 0 amide bonds. The van der Waals surface area contributed by atoms with Crippen molar-refractivity contribution in [1.29, 1.82) is 0 Å². The van der Waals surface area contributed by atoms with Crippen LogP contribution in [0.5, 0.6) is 0 Å². The van der Waals surface area contributed by atoms with Gasteiger partial charge in [0.05, 0.1) is 6.61 Å². The lowest BCUT2D eigenvalue weighted by Gasteiger charge is -2.43. The summed E-state index contributed by atoms with van der Waals surface area (Å²) >= 11 is 0. The summed E-state index contributed by atoms with van der Waals surface area (Å²) in [7, 11) is 0. The van der Waals surface area contributed by atoms with Gasteiger partial charge in [-0.05, 0) is 45.8 Å². The Hall–Kier alpha value is -0.650. The van der Waals surface area contributed by atoms with Gasteiger partial charge in [0.2, 0.25) is 0 Å². The number of hydrogen-bond acceptors (Lipinski definition) is 5. The summed E-state index contributed by atoms with van der Waals surface area (Å²) in [6.07, 6.45) is 2.84. The van der Waals surface area contributed by atoms with E-state index in [2.05, 4.69) is 15.5 Å². The molecule has 0 aromatic rings. The number of nitrogens with zero attached hydrogens (tertiary/aromatic N) is 1. The van der Waals surface area contributed by atoms with E-state index in [0.717, 1.165) is 58.5 Å². The first-order chi connectivity index (χ1) is 8.79. The van der Waals surface area contributed by atoms with E-state index in [1.807, 2.05) is 6.92 Å². The summed E-state index contributed by atoms with van der Waals surface area (Å²) in [4.78, 5) is 14.8. The van der Waals surface area contributed by atoms with E-state index in [1.54, 1.807) is 0 Å². The summed E-state index contributed by atoms with van der Waals surface area (Å²) in [5.41, 5.74) is -0.382. The molecule has 2 aliphatic heterocycles. The third-order valence-electron chi connectivity index (χ3n) is 4.03. The Morgan fingerprint density at radius 2 is 1.89 bits per heavy atom. The molecule has 2 rings (SSSR count). The number of nitrogens with one attached hydrogen (secondary N) is 2. The maximum Gasteiger partial charge on any atom is 0.326 e. The maximum atomic E-state index is 12.4. The van der Waals surface area contributed by atoms with Crippen molar-refractivity contribution in [3.63, 3.8) is 0 Å². The quantitative estimate of drug-likeness (QED) is 0.694. The van der Waals surface area contributed by atoms with Crippen LogP contribution in [0.25, 0.3) is 0 Å². The third-order valence-corrected chi connectivity index (χ3v) is 4.03. The van der Waals surface area contributed by atoms with E-state index >= 15 is 0 Å². The lowest BCUT2D eigenvalue weighted by molar-refractivity contribution is -0.160. The molecule has 0 radical (unpaired) electrons. The van der Waals surface area contributed by atoms with Gasteiger partial charge in [0.15, 0.2) is 0 Å². The number of carbonyl (C=O) groups excluding carboxylic acids is 1. The van der Waals surface area contributed by atoms with E-state index < -0.39 is 0 Å². The Balaban J connectivity index is 2.13. The highest BCUT2D eigenvalue weighted by molar-refractivity contribution is 5.81. The van der Waals surface area contributed by atoms with Crippen molar-refractivity contribution in [2.24, 2.45) is 0 Å². The van der Waals surface area contributed by atoms with Crippen LogP contribution in [-0.4, -0.2) is 62.3 Å². The molecule has 5 heteroatoms. The smallest absolute Gasteiger partial charge is 0.326 e. The van der Waals surface area contributed by atoms with Crippen molar-refractivity contribution >= 4 is 5.97 Å². The largest absolute Gasteiger partial charge is 0.465 e. The molecule has 2 aliphatic rings. The van der Waals surface area contributed by atoms with Crippen LogP contribution < -0.4 is 10.6 Å². The highest BCUT2D eigenvalue weighted by Crippen LogP contribution is 2.28. The molecule has 2 fully saturated rings. The Labute approximate surface area is 109 Å². The summed E-state index contributed by atoms with van der Waals surface area (Å²) in [6.45, 7) is 8.12. The molecule has 0 aromatic carbocycles. The second-order valence-corrected chi connectivity index (χ2v) is 5.09. The van der Waals surface area contributed by atoms with Gasteiger partial charge < -0.3 is 15.4 Å². The summed E-state index contributed by atoms with van der Waals surface area (Å²) < 4.78 is 5.35. The van der Waals surface area contributed by atoms with Gasteiger partial charge in [-0.3, -0.25) is 9.69 Å². The predicted molar refractivity (Wildman–Crippen MR) is 70.5 cm³/mol. The monoisotopic (exact) mass is 255 g/mol. The van der Waals surface area contributed by atoms with Gasteiger partial charge in [-0.1, -0.05) is 0 Å². The molecule has 0 saturated carbocycles. The summed E-state index contributed by atoms with van der Waals surface area (Å²) in [6, 6.07) is 0. The Morgan fingerprint density at radius 1 is 1.17 bits per heavy atom. The van der Waals surface area contributed by atoms with Crippen molar-refractivity contribution in [3.8, 4) is 0 Å². The summed E-state index contributed by atoms with van der Waals surface area (Å²) in [5.74, 6) is -0.0200. The fourth-order valence-electron chi connectivity index (χ4n) is 3.03. The van der Waals surface area contributed by atoms with Crippen molar-refractivity contribution in [2.45, 2.75) is 31.7 Å². The zero-order valence-corrected chi connectivity index (χ0v) is 11.3. The van der Waals surface area contributed by atoms with Gasteiger partial charge in [-0.15, -0.1) is 0 Å². The van der Waals surface area contributed by atoms with Gasteiger partial charge in [-0.25, -0.2) is 0 Å². The van der Waals surface area contributed by atoms with Gasteiger partial charge in [0.25, 0.3) is 0 Å². The van der Waals surface area contributed by atoms with Crippen molar-refractivity contribution in [2.75, 3.05) is 45.9 Å². The first-order valence-corrected chi connectivity index (χ1v) is 7.13. The van der Waals surface area contributed by atoms with Gasteiger partial charge in [-0.2, -0.15) is 0 Å². The number of carbonyl (C=O) groups is 1. The van der Waals surface area contributed by atoms with Gasteiger partial charge >= 0.3 is 5.97 Å². The van der Waals surface area contributed by atoms with E-state index in [9.17, 15) is 4.79 Å². The van der Waals surface area contributed by atoms with E-state index in [-0.39, 0.29) is 11.5 Å². The fourth-order valence-corrected chi connectivity index (χ4v) is 3.03. The number of esters is 1. The van der Waals surface area contributed by atoms with Crippen molar-refractivity contribution in [1.82, 2.24) is 15.5 Å². The zero-order chi connectivity index (χ0) is 12.8. The molecule has 0 bridgehead atoms. The zero-order valence-electron chi connectivity index (χ0n) is 11.3. The van der Waals surface area contributed by atoms with Crippen LogP contribution in [-0.2, 0) is 9.53 Å². The SMILES string of the molecule is CCOC(=O)C1(N2CCCNCC2)CCNCC1. The maximum absolute atomic E-state index is 12.4. The summed E-state index contributed by atoms with van der Waals surface area (Å²) in [5, 5.41) is 6.74. The molecule has 2 heterocycles. The molecule has 18 heavy (non-hydrogen) atoms. The minimum atomic E-state index is -0.382. The minimum Gasteiger partial charge on any atom is -0.465 e. The van der Waals surface area contributed by atoms with E-state index in [4.69, 9.17) is 4.74 Å². The normalized spacial score (nSPS) is 25.4. The first kappa shape index (κ1) is 13.8. The molecule has 0 aliphatic carbocycles. The van der Waals surface area contributed by atoms with E-state index in [1.165, 1.54) is 0 Å². The van der Waals surface area contributed by atoms with Gasteiger partial charge in [0, 0.05) is 19.6 Å². The Kier molecular flexibility index (Phi) is 4.97. The average molecular weight is 255 g/mol. The Bertz CT molecular complexity index is 269. The highest BCUT2D eigenvalue weighted by Gasteiger charge is 2.45. The molecular weight excluding hydrogens is 230 g/mol. The highest BCUT2D eigenvalue weighted by atomic mass is 16.5. The van der Waals surface area contributed by atoms with Crippen LogP contribution in [0.4, 0.5) is 0 Å². The topological polar surface area (TPSA) is 53.6 Å². The molecule has 2 N–H and O–H groups in total. The van der Waals surface area contributed by atoms with Gasteiger partial charge in [0.1, 0.15) is 5.54 Å². The van der Waals surface area contributed by atoms with E-state index in [0.29, 0.717) is 6.61 Å². The van der Waals surface area contributed by atoms with Crippen LogP contribution in [0.3, 0.4) is 0 Å². The minimum absolute atomic E-state index is 0.0200. The molecule has 0 aromatic heterocycles. The second-order valence-electron chi connectivity index (χ2n) is 5.09. The number of hydrogen-bond donors (Lipinski definition) is 2. The number of ether oxygens (including phenoxy) is 1. The second kappa shape index (κ2) is 6.50. The number of piperidine rings is 1. The van der Waals surface area contributed by atoms with Crippen LogP contribution in [0.15, 0.2) is 0 Å². The molecule has 104 valence electrons. The standard InChI is InChI=1S/C13H25N3O2/c1-2-18-12(17)13(4-7-15-8-5-13)16-10-3-6-14-9-11-16/h14-15H,2-11H2,1H3. The first-order valence-electron chi connectivity index (χ1n) is 7.13. The van der Waals surface area contributed by atoms with Crippen molar-refractivity contribution < 1.29 is 9.53 Å². The Morgan fingerprint density at radius 3 is 2.61 bits per heavy atom. The molecule has 5 nitrogen and oxygen atoms in total. The molecule has 0 spiro atoms. The third kappa shape index (κ3) is 2.84. The molecule has 0 unspecified atom stereocenters. The van der Waals surface area contributed by atoms with Crippen LogP contribution in [0.1, 0.15) is 26.2 Å². The van der Waals surface area contributed by atoms with Crippen molar-refractivity contribution in [3.05, 3.63) is 0 Å². The van der Waals surface area contributed by atoms with Crippen LogP contribution >= 0.6 is 0 Å².